The quantitative estimate of drug-likeness (QED) is 0.546. The third-order valence-corrected chi connectivity index (χ3v) is 3.68. The van der Waals surface area contributed by atoms with Crippen LogP contribution in [0.15, 0.2) is 18.2 Å². The van der Waals surface area contributed by atoms with Gasteiger partial charge in [-0.25, -0.2) is 4.79 Å². The van der Waals surface area contributed by atoms with Gasteiger partial charge in [-0.2, -0.15) is 0 Å². The van der Waals surface area contributed by atoms with Crippen molar-refractivity contribution in [1.82, 2.24) is 16.2 Å². The number of hydrazine groups is 1. The van der Waals surface area contributed by atoms with Gasteiger partial charge in [-0.3, -0.25) is 20.4 Å². The third kappa shape index (κ3) is 7.11. The van der Waals surface area contributed by atoms with Crippen molar-refractivity contribution in [2.45, 2.75) is 40.2 Å². The number of benzene rings is 1. The van der Waals surface area contributed by atoms with Crippen molar-refractivity contribution in [3.8, 4) is 5.75 Å². The van der Waals surface area contributed by atoms with Crippen LogP contribution < -0.4 is 26.6 Å². The van der Waals surface area contributed by atoms with E-state index in [-0.39, 0.29) is 12.5 Å². The zero-order chi connectivity index (χ0) is 19.0. The highest BCUT2D eigenvalue weighted by Crippen LogP contribution is 2.15. The smallest absolute Gasteiger partial charge is 0.312 e. The van der Waals surface area contributed by atoms with E-state index in [2.05, 4.69) is 16.2 Å². The van der Waals surface area contributed by atoms with Gasteiger partial charge in [0.15, 0.2) is 6.61 Å². The molecule has 0 spiro atoms. The number of carbonyl (C=O) groups is 3. The number of ether oxygens (including phenoxy) is 1. The number of aryl methyl sites for hydroxylation is 2. The molecule has 1 rings (SSSR count). The number of nitrogens with one attached hydrogen (secondary N) is 3. The fourth-order valence-corrected chi connectivity index (χ4v) is 2.27. The Hall–Kier alpha value is -2.77. The van der Waals surface area contributed by atoms with E-state index in [9.17, 15) is 14.4 Å². The molecular weight excluding hydrogens is 324 g/mol. The van der Waals surface area contributed by atoms with Crippen molar-refractivity contribution in [1.29, 1.82) is 0 Å². The second-order valence-electron chi connectivity index (χ2n) is 6.02. The molecule has 8 nitrogen and oxygen atoms in total. The predicted octanol–water partition coefficient (Wildman–Crippen LogP) is 0.913. The summed E-state index contributed by atoms with van der Waals surface area (Å²) in [5.41, 5.74) is 11.7. The Balaban J connectivity index is 2.50. The molecule has 0 aliphatic rings. The van der Waals surface area contributed by atoms with Gasteiger partial charge in [0, 0.05) is 0 Å². The Labute approximate surface area is 147 Å². The lowest BCUT2D eigenvalue weighted by molar-refractivity contribution is -0.131. The molecule has 0 heterocycles. The van der Waals surface area contributed by atoms with Crippen LogP contribution in [0.3, 0.4) is 0 Å². The summed E-state index contributed by atoms with van der Waals surface area (Å²) in [6.45, 7) is 7.29. The number of hydrogen-bond donors (Lipinski definition) is 4. The molecule has 2 unspecified atom stereocenters. The average Bonchev–Trinajstić information content (AvgIpc) is 2.54. The average molecular weight is 350 g/mol. The highest BCUT2D eigenvalue weighted by atomic mass is 16.5. The Kier molecular flexibility index (Phi) is 7.71. The van der Waals surface area contributed by atoms with E-state index in [1.807, 2.05) is 39.0 Å². The number of urea groups is 1. The molecule has 2 atom stereocenters. The number of amides is 4. The van der Waals surface area contributed by atoms with Gasteiger partial charge >= 0.3 is 6.03 Å². The number of nitrogens with two attached hydrogens (primary N) is 1. The van der Waals surface area contributed by atoms with Gasteiger partial charge in [0.2, 0.25) is 0 Å². The van der Waals surface area contributed by atoms with Crippen molar-refractivity contribution < 1.29 is 19.1 Å². The van der Waals surface area contributed by atoms with E-state index < -0.39 is 23.9 Å². The standard InChI is InChI=1S/C17H26N4O4/c1-5-12(4)15(19-17(18)24)16(23)21-20-14(22)9-25-13-7-10(2)6-11(3)8-13/h6-8,12,15H,5,9H2,1-4H3,(H,20,22)(H,21,23)(H3,18,19,24). The topological polar surface area (TPSA) is 123 Å². The van der Waals surface area contributed by atoms with Crippen LogP contribution in [0, 0.1) is 19.8 Å². The molecule has 0 saturated heterocycles. The maximum Gasteiger partial charge on any atom is 0.312 e. The number of carbonyl (C=O) groups excluding carboxylic acids is 3. The molecule has 0 aliphatic heterocycles. The SMILES string of the molecule is CCC(C)C(NC(N)=O)C(=O)NNC(=O)COc1cc(C)cc(C)c1. The summed E-state index contributed by atoms with van der Waals surface area (Å²) in [5, 5.41) is 2.37. The molecule has 0 fully saturated rings. The van der Waals surface area contributed by atoms with Gasteiger partial charge in [-0.15, -0.1) is 0 Å². The van der Waals surface area contributed by atoms with Gasteiger partial charge in [0.1, 0.15) is 11.8 Å². The predicted molar refractivity (Wildman–Crippen MR) is 93.7 cm³/mol. The fraction of sp³-hybridized carbons (Fsp3) is 0.471. The minimum atomic E-state index is -0.830. The summed E-state index contributed by atoms with van der Waals surface area (Å²) in [6.07, 6.45) is 0.655. The Bertz CT molecular complexity index is 613. The summed E-state index contributed by atoms with van der Waals surface area (Å²) < 4.78 is 5.40. The molecule has 1 aromatic carbocycles. The lowest BCUT2D eigenvalue weighted by atomic mass is 9.99. The summed E-state index contributed by atoms with van der Waals surface area (Å²) in [4.78, 5) is 34.9. The molecule has 0 radical (unpaired) electrons. The molecule has 0 bridgehead atoms. The first kappa shape index (κ1) is 20.3. The van der Waals surface area contributed by atoms with E-state index in [0.717, 1.165) is 11.1 Å². The highest BCUT2D eigenvalue weighted by Gasteiger charge is 2.25. The number of hydrogen-bond acceptors (Lipinski definition) is 4. The van der Waals surface area contributed by atoms with Crippen LogP contribution in [-0.2, 0) is 9.59 Å². The fourth-order valence-electron chi connectivity index (χ4n) is 2.27. The van der Waals surface area contributed by atoms with Gasteiger partial charge < -0.3 is 15.8 Å². The van der Waals surface area contributed by atoms with Gasteiger partial charge in [-0.1, -0.05) is 26.3 Å². The Morgan fingerprint density at radius 1 is 1.12 bits per heavy atom. The van der Waals surface area contributed by atoms with Crippen LogP contribution in [0.2, 0.25) is 0 Å². The minimum Gasteiger partial charge on any atom is -0.484 e. The molecule has 5 N–H and O–H groups in total. The first-order valence-electron chi connectivity index (χ1n) is 8.08. The Morgan fingerprint density at radius 3 is 2.24 bits per heavy atom. The maximum absolute atomic E-state index is 12.1. The van der Waals surface area contributed by atoms with E-state index in [1.54, 1.807) is 6.92 Å². The number of primary amides is 1. The van der Waals surface area contributed by atoms with Crippen LogP contribution in [0.1, 0.15) is 31.4 Å². The van der Waals surface area contributed by atoms with E-state index in [0.29, 0.717) is 12.2 Å². The largest absolute Gasteiger partial charge is 0.484 e. The molecule has 25 heavy (non-hydrogen) atoms. The van der Waals surface area contributed by atoms with Crippen LogP contribution >= 0.6 is 0 Å². The lowest BCUT2D eigenvalue weighted by Crippen LogP contribution is -2.56. The molecular formula is C17H26N4O4. The highest BCUT2D eigenvalue weighted by molar-refractivity contribution is 5.88. The molecule has 1 aromatic rings. The lowest BCUT2D eigenvalue weighted by Gasteiger charge is -2.22. The first-order chi connectivity index (χ1) is 11.7. The minimum absolute atomic E-state index is 0.143. The normalized spacial score (nSPS) is 12.6. The zero-order valence-electron chi connectivity index (χ0n) is 15.0. The molecule has 138 valence electrons. The molecule has 4 amide bonds. The molecule has 0 aliphatic carbocycles. The second-order valence-corrected chi connectivity index (χ2v) is 6.02. The summed E-state index contributed by atoms with van der Waals surface area (Å²) in [5.74, 6) is -0.634. The van der Waals surface area contributed by atoms with Crippen molar-refractivity contribution in [2.75, 3.05) is 6.61 Å². The summed E-state index contributed by atoms with van der Waals surface area (Å²) in [7, 11) is 0. The Morgan fingerprint density at radius 2 is 1.72 bits per heavy atom. The summed E-state index contributed by atoms with van der Waals surface area (Å²) >= 11 is 0. The summed E-state index contributed by atoms with van der Waals surface area (Å²) in [6, 6.07) is 3.99. The van der Waals surface area contributed by atoms with Crippen molar-refractivity contribution >= 4 is 17.8 Å². The number of rotatable bonds is 7. The zero-order valence-corrected chi connectivity index (χ0v) is 15.0. The molecule has 8 heteroatoms. The monoisotopic (exact) mass is 350 g/mol. The van der Waals surface area contributed by atoms with Crippen LogP contribution in [0.4, 0.5) is 4.79 Å². The van der Waals surface area contributed by atoms with E-state index in [4.69, 9.17) is 10.5 Å². The molecule has 0 saturated carbocycles. The van der Waals surface area contributed by atoms with E-state index in [1.165, 1.54) is 0 Å². The third-order valence-electron chi connectivity index (χ3n) is 3.68. The van der Waals surface area contributed by atoms with Gasteiger partial charge in [0.05, 0.1) is 0 Å². The van der Waals surface area contributed by atoms with Crippen molar-refractivity contribution in [2.24, 2.45) is 11.7 Å². The molecule has 0 aromatic heterocycles. The first-order valence-corrected chi connectivity index (χ1v) is 8.08. The van der Waals surface area contributed by atoms with Crippen molar-refractivity contribution in [3.63, 3.8) is 0 Å². The van der Waals surface area contributed by atoms with Crippen LogP contribution in [0.5, 0.6) is 5.75 Å². The van der Waals surface area contributed by atoms with Gasteiger partial charge in [-0.05, 0) is 43.0 Å². The van der Waals surface area contributed by atoms with Crippen LogP contribution in [-0.4, -0.2) is 30.5 Å². The van der Waals surface area contributed by atoms with Crippen LogP contribution in [0.25, 0.3) is 0 Å². The van der Waals surface area contributed by atoms with E-state index >= 15 is 0 Å². The van der Waals surface area contributed by atoms with Gasteiger partial charge in [0.25, 0.3) is 11.8 Å². The van der Waals surface area contributed by atoms with Crippen molar-refractivity contribution in [3.05, 3.63) is 29.3 Å². The second kappa shape index (κ2) is 9.51. The maximum atomic E-state index is 12.1.